The molecular formula is C17H37IN4O. The first kappa shape index (κ1) is 22.9. The van der Waals surface area contributed by atoms with Crippen molar-refractivity contribution in [1.82, 2.24) is 15.5 Å². The molecule has 23 heavy (non-hydrogen) atoms. The SMILES string of the molecule is CCNC(=NCC(CCO)CC(C)C)NCC1CCN(C)C1.I. The first-order valence-electron chi connectivity index (χ1n) is 8.86. The number of rotatable bonds is 9. The number of guanidine groups is 1. The van der Waals surface area contributed by atoms with Gasteiger partial charge in [0, 0.05) is 32.8 Å². The van der Waals surface area contributed by atoms with Gasteiger partial charge in [0.15, 0.2) is 5.96 Å². The molecule has 1 rings (SSSR count). The Bertz CT molecular complexity index is 326. The Labute approximate surface area is 159 Å². The summed E-state index contributed by atoms with van der Waals surface area (Å²) in [5.41, 5.74) is 0. The number of hydrogen-bond acceptors (Lipinski definition) is 3. The minimum atomic E-state index is 0. The van der Waals surface area contributed by atoms with Crippen LogP contribution in [0.15, 0.2) is 4.99 Å². The second-order valence-electron chi connectivity index (χ2n) is 7.03. The summed E-state index contributed by atoms with van der Waals surface area (Å²) in [6, 6.07) is 0. The second-order valence-corrected chi connectivity index (χ2v) is 7.03. The second kappa shape index (κ2) is 13.2. The average Bonchev–Trinajstić information content (AvgIpc) is 2.87. The molecule has 0 bridgehead atoms. The topological polar surface area (TPSA) is 59.9 Å². The maximum Gasteiger partial charge on any atom is 0.191 e. The smallest absolute Gasteiger partial charge is 0.191 e. The molecule has 0 aromatic rings. The van der Waals surface area contributed by atoms with E-state index in [4.69, 9.17) is 4.99 Å². The van der Waals surface area contributed by atoms with Gasteiger partial charge in [0.25, 0.3) is 0 Å². The largest absolute Gasteiger partial charge is 0.396 e. The van der Waals surface area contributed by atoms with Gasteiger partial charge in [-0.15, -0.1) is 24.0 Å². The van der Waals surface area contributed by atoms with E-state index in [0.717, 1.165) is 44.4 Å². The molecule has 2 unspecified atom stereocenters. The fraction of sp³-hybridized carbons (Fsp3) is 0.941. The van der Waals surface area contributed by atoms with Gasteiger partial charge in [-0.25, -0.2) is 0 Å². The summed E-state index contributed by atoms with van der Waals surface area (Å²) < 4.78 is 0. The van der Waals surface area contributed by atoms with Gasteiger partial charge in [-0.1, -0.05) is 13.8 Å². The summed E-state index contributed by atoms with van der Waals surface area (Å²) in [5, 5.41) is 16.0. The molecule has 0 aromatic heterocycles. The van der Waals surface area contributed by atoms with Crippen LogP contribution in [0.3, 0.4) is 0 Å². The van der Waals surface area contributed by atoms with E-state index >= 15 is 0 Å². The zero-order valence-corrected chi connectivity index (χ0v) is 17.7. The summed E-state index contributed by atoms with van der Waals surface area (Å²) >= 11 is 0. The molecule has 2 atom stereocenters. The van der Waals surface area contributed by atoms with Crippen molar-refractivity contribution in [2.45, 2.75) is 40.0 Å². The van der Waals surface area contributed by atoms with Crippen LogP contribution in [0.1, 0.15) is 40.0 Å². The molecule has 1 saturated heterocycles. The van der Waals surface area contributed by atoms with Crippen molar-refractivity contribution in [3.8, 4) is 0 Å². The van der Waals surface area contributed by atoms with Gasteiger partial charge in [-0.2, -0.15) is 0 Å². The third kappa shape index (κ3) is 10.4. The van der Waals surface area contributed by atoms with Crippen LogP contribution in [0, 0.1) is 17.8 Å². The van der Waals surface area contributed by atoms with Crippen molar-refractivity contribution in [3.05, 3.63) is 0 Å². The van der Waals surface area contributed by atoms with E-state index < -0.39 is 0 Å². The quantitative estimate of drug-likeness (QED) is 0.292. The number of aliphatic hydroxyl groups is 1. The summed E-state index contributed by atoms with van der Waals surface area (Å²) in [4.78, 5) is 7.12. The Kier molecular flexibility index (Phi) is 13.2. The van der Waals surface area contributed by atoms with Crippen LogP contribution in [0.5, 0.6) is 0 Å². The number of aliphatic imine (C=N–C) groups is 1. The summed E-state index contributed by atoms with van der Waals surface area (Å²) in [7, 11) is 2.19. The highest BCUT2D eigenvalue weighted by Gasteiger charge is 2.19. The molecule has 0 saturated carbocycles. The van der Waals surface area contributed by atoms with Crippen LogP contribution in [0.4, 0.5) is 0 Å². The number of hydrogen-bond donors (Lipinski definition) is 3. The van der Waals surface area contributed by atoms with E-state index in [-0.39, 0.29) is 30.6 Å². The third-order valence-electron chi connectivity index (χ3n) is 4.24. The number of nitrogens with one attached hydrogen (secondary N) is 2. The zero-order valence-electron chi connectivity index (χ0n) is 15.3. The fourth-order valence-corrected chi connectivity index (χ4v) is 3.13. The molecule has 0 aliphatic carbocycles. The Morgan fingerprint density at radius 1 is 1.35 bits per heavy atom. The zero-order chi connectivity index (χ0) is 16.4. The summed E-state index contributed by atoms with van der Waals surface area (Å²) in [6.07, 6.45) is 3.23. The molecule has 1 heterocycles. The lowest BCUT2D eigenvalue weighted by molar-refractivity contribution is 0.245. The predicted molar refractivity (Wildman–Crippen MR) is 110 cm³/mol. The molecule has 0 aromatic carbocycles. The molecular weight excluding hydrogens is 403 g/mol. The van der Waals surface area contributed by atoms with E-state index in [1.165, 1.54) is 19.5 Å². The van der Waals surface area contributed by atoms with Crippen molar-refractivity contribution in [2.24, 2.45) is 22.7 Å². The van der Waals surface area contributed by atoms with Crippen molar-refractivity contribution >= 4 is 29.9 Å². The fourth-order valence-electron chi connectivity index (χ4n) is 3.13. The van der Waals surface area contributed by atoms with Gasteiger partial charge in [0.05, 0.1) is 0 Å². The van der Waals surface area contributed by atoms with Crippen LogP contribution in [-0.2, 0) is 0 Å². The maximum absolute atomic E-state index is 9.21. The molecule has 1 aliphatic heterocycles. The Hall–Kier alpha value is -0.0800. The lowest BCUT2D eigenvalue weighted by Gasteiger charge is -2.18. The first-order chi connectivity index (χ1) is 10.5. The molecule has 0 amide bonds. The number of nitrogens with zero attached hydrogens (tertiary/aromatic N) is 2. The van der Waals surface area contributed by atoms with Crippen LogP contribution >= 0.6 is 24.0 Å². The summed E-state index contributed by atoms with van der Waals surface area (Å²) in [5.74, 6) is 2.76. The van der Waals surface area contributed by atoms with Gasteiger partial charge in [0.1, 0.15) is 0 Å². The minimum absolute atomic E-state index is 0. The van der Waals surface area contributed by atoms with Gasteiger partial charge in [-0.05, 0) is 57.5 Å². The van der Waals surface area contributed by atoms with E-state index in [0.29, 0.717) is 11.8 Å². The summed E-state index contributed by atoms with van der Waals surface area (Å²) in [6.45, 7) is 11.8. The minimum Gasteiger partial charge on any atom is -0.396 e. The number of likely N-dealkylation sites (tertiary alicyclic amines) is 1. The number of halogens is 1. The Balaban J connectivity index is 0.00000484. The molecule has 5 nitrogen and oxygen atoms in total. The van der Waals surface area contributed by atoms with Crippen molar-refractivity contribution < 1.29 is 5.11 Å². The Morgan fingerprint density at radius 3 is 2.61 bits per heavy atom. The van der Waals surface area contributed by atoms with Crippen LogP contribution in [-0.4, -0.2) is 62.3 Å². The van der Waals surface area contributed by atoms with E-state index in [9.17, 15) is 5.11 Å². The molecule has 1 fully saturated rings. The van der Waals surface area contributed by atoms with Gasteiger partial charge < -0.3 is 20.6 Å². The lowest BCUT2D eigenvalue weighted by Crippen LogP contribution is -2.40. The maximum atomic E-state index is 9.21. The molecule has 0 radical (unpaired) electrons. The highest BCUT2D eigenvalue weighted by molar-refractivity contribution is 14.0. The average molecular weight is 440 g/mol. The van der Waals surface area contributed by atoms with E-state index in [1.807, 2.05) is 0 Å². The highest BCUT2D eigenvalue weighted by atomic mass is 127. The molecule has 3 N–H and O–H groups in total. The number of aliphatic hydroxyl groups excluding tert-OH is 1. The standard InChI is InChI=1S/C17H36N4O.HI/c1-5-18-17(20-12-16-6-8-21(4)13-16)19-11-15(7-9-22)10-14(2)3;/h14-16,22H,5-13H2,1-4H3,(H2,18,19,20);1H. The molecule has 0 spiro atoms. The highest BCUT2D eigenvalue weighted by Crippen LogP contribution is 2.16. The normalized spacial score (nSPS) is 20.4. The van der Waals surface area contributed by atoms with Crippen LogP contribution in [0.2, 0.25) is 0 Å². The molecule has 138 valence electrons. The third-order valence-corrected chi connectivity index (χ3v) is 4.24. The van der Waals surface area contributed by atoms with Crippen molar-refractivity contribution in [2.75, 3.05) is 46.4 Å². The van der Waals surface area contributed by atoms with Crippen LogP contribution < -0.4 is 10.6 Å². The monoisotopic (exact) mass is 440 g/mol. The predicted octanol–water partition coefficient (Wildman–Crippen LogP) is 2.16. The van der Waals surface area contributed by atoms with E-state index in [2.05, 4.69) is 43.4 Å². The lowest BCUT2D eigenvalue weighted by atomic mass is 9.94. The van der Waals surface area contributed by atoms with E-state index in [1.54, 1.807) is 0 Å². The van der Waals surface area contributed by atoms with Crippen molar-refractivity contribution in [1.29, 1.82) is 0 Å². The van der Waals surface area contributed by atoms with Gasteiger partial charge in [0.2, 0.25) is 0 Å². The van der Waals surface area contributed by atoms with Crippen LogP contribution in [0.25, 0.3) is 0 Å². The van der Waals surface area contributed by atoms with Gasteiger partial charge >= 0.3 is 0 Å². The van der Waals surface area contributed by atoms with Gasteiger partial charge in [-0.3, -0.25) is 4.99 Å². The van der Waals surface area contributed by atoms with Crippen molar-refractivity contribution in [3.63, 3.8) is 0 Å². The first-order valence-corrected chi connectivity index (χ1v) is 8.86. The molecule has 1 aliphatic rings. The Morgan fingerprint density at radius 2 is 2.09 bits per heavy atom. The molecule has 6 heteroatoms.